The molecule has 0 fully saturated rings. The third-order valence-corrected chi connectivity index (χ3v) is 7.68. The maximum atomic E-state index is 12.5. The van der Waals surface area contributed by atoms with Crippen molar-refractivity contribution in [1.82, 2.24) is 0 Å². The molecule has 0 saturated carbocycles. The fourth-order valence-corrected chi connectivity index (χ4v) is 5.26. The Balaban J connectivity index is 1.77. The number of benzene rings is 3. The Kier molecular flexibility index (Phi) is 7.15. The first-order valence-corrected chi connectivity index (χ1v) is 14.0. The molecule has 0 spiro atoms. The molecule has 3 rings (SSSR count). The van der Waals surface area contributed by atoms with Crippen LogP contribution in [0.1, 0.15) is 11.1 Å². The number of rotatable bonds is 7. The minimum Gasteiger partial charge on any atom is -0.299 e. The van der Waals surface area contributed by atoms with Crippen LogP contribution in [0, 0.1) is 0 Å². The van der Waals surface area contributed by atoms with Gasteiger partial charge < -0.3 is 0 Å². The monoisotopic (exact) mass is 510 g/mol. The second-order valence-corrected chi connectivity index (χ2v) is 12.4. The highest BCUT2D eigenvalue weighted by Gasteiger charge is 2.15. The zero-order valence-corrected chi connectivity index (χ0v) is 20.4. The molecule has 0 bridgehead atoms. The molecule has 9 heteroatoms. The Hall–Kier alpha value is -2.19. The van der Waals surface area contributed by atoms with Gasteiger partial charge in [0, 0.05) is 30.9 Å². The number of sulfone groups is 2. The van der Waals surface area contributed by atoms with E-state index in [0.29, 0.717) is 32.3 Å². The van der Waals surface area contributed by atoms with Crippen LogP contribution in [0.2, 0.25) is 10.0 Å². The van der Waals surface area contributed by atoms with Gasteiger partial charge in [0.25, 0.3) is 0 Å². The fraction of sp³-hybridized carbons (Fsp3) is 0.174. The lowest BCUT2D eigenvalue weighted by molar-refractivity contribution is -0.117. The molecule has 0 saturated heterocycles. The van der Waals surface area contributed by atoms with Crippen molar-refractivity contribution in [2.75, 3.05) is 12.5 Å². The molecule has 0 aliphatic rings. The first kappa shape index (κ1) is 24.5. The van der Waals surface area contributed by atoms with Crippen molar-refractivity contribution in [2.45, 2.75) is 22.6 Å². The summed E-state index contributed by atoms with van der Waals surface area (Å²) >= 11 is 12.9. The van der Waals surface area contributed by atoms with Gasteiger partial charge >= 0.3 is 0 Å². The first-order valence-electron chi connectivity index (χ1n) is 9.44. The normalized spacial score (nSPS) is 12.0. The van der Waals surface area contributed by atoms with E-state index in [0.717, 1.165) is 12.5 Å². The van der Waals surface area contributed by atoms with Gasteiger partial charge in [-0.1, -0.05) is 47.5 Å². The smallest absolute Gasteiger partial charge is 0.175 e. The van der Waals surface area contributed by atoms with E-state index in [-0.39, 0.29) is 28.4 Å². The standard InChI is InChI=1S/C23H20Cl2O5S2/c1-31(27,28)19-7-3-15(4-8-19)11-18(26)12-16-13-21(24)23(22(25)14-16)17-5-9-20(10-6-17)32(2,29)30/h3-10,13-14H,11-12H2,1-2H3. The number of ketones is 1. The zero-order valence-electron chi connectivity index (χ0n) is 17.3. The van der Waals surface area contributed by atoms with Crippen molar-refractivity contribution in [3.05, 3.63) is 81.8 Å². The third-order valence-electron chi connectivity index (χ3n) is 4.83. The molecular weight excluding hydrogens is 491 g/mol. The van der Waals surface area contributed by atoms with Crippen LogP contribution >= 0.6 is 23.2 Å². The number of carbonyl (C=O) groups excluding carboxylic acids is 1. The lowest BCUT2D eigenvalue weighted by Crippen LogP contribution is -2.07. The molecule has 168 valence electrons. The summed E-state index contributed by atoms with van der Waals surface area (Å²) in [4.78, 5) is 12.9. The van der Waals surface area contributed by atoms with Crippen LogP contribution in [0.3, 0.4) is 0 Å². The van der Waals surface area contributed by atoms with E-state index in [1.807, 2.05) is 0 Å². The lowest BCUT2D eigenvalue weighted by atomic mass is 9.99. The minimum absolute atomic E-state index is 0.0745. The van der Waals surface area contributed by atoms with Crippen molar-refractivity contribution in [1.29, 1.82) is 0 Å². The largest absolute Gasteiger partial charge is 0.299 e. The molecule has 0 N–H and O–H groups in total. The quantitative estimate of drug-likeness (QED) is 0.454. The highest BCUT2D eigenvalue weighted by molar-refractivity contribution is 7.91. The van der Waals surface area contributed by atoms with Crippen LogP contribution in [0.4, 0.5) is 0 Å². The van der Waals surface area contributed by atoms with Crippen molar-refractivity contribution in [3.63, 3.8) is 0 Å². The molecule has 0 unspecified atom stereocenters. The second kappa shape index (κ2) is 9.35. The Bertz CT molecular complexity index is 1350. The van der Waals surface area contributed by atoms with Crippen LogP contribution < -0.4 is 0 Å². The van der Waals surface area contributed by atoms with Gasteiger partial charge in [-0.05, 0) is 53.1 Å². The molecule has 3 aromatic rings. The van der Waals surface area contributed by atoms with Crippen molar-refractivity contribution < 1.29 is 21.6 Å². The van der Waals surface area contributed by atoms with Crippen molar-refractivity contribution >= 4 is 48.7 Å². The summed E-state index contributed by atoms with van der Waals surface area (Å²) in [5, 5.41) is 0.704. The summed E-state index contributed by atoms with van der Waals surface area (Å²) in [5.74, 6) is -0.0745. The van der Waals surface area contributed by atoms with Crippen molar-refractivity contribution in [2.24, 2.45) is 0 Å². The fourth-order valence-electron chi connectivity index (χ4n) is 3.24. The number of hydrogen-bond acceptors (Lipinski definition) is 5. The van der Waals surface area contributed by atoms with Crippen LogP contribution in [0.5, 0.6) is 0 Å². The number of Topliss-reactive ketones (excluding diaryl/α,β-unsaturated/α-hetero) is 1. The SMILES string of the molecule is CS(=O)(=O)c1ccc(CC(=O)Cc2cc(Cl)c(-c3ccc(S(C)(=O)=O)cc3)c(Cl)c2)cc1. The molecule has 0 amide bonds. The Morgan fingerprint density at radius 3 is 1.53 bits per heavy atom. The van der Waals surface area contributed by atoms with Crippen molar-refractivity contribution in [3.8, 4) is 11.1 Å². The topological polar surface area (TPSA) is 85.3 Å². The minimum atomic E-state index is -3.31. The highest BCUT2D eigenvalue weighted by atomic mass is 35.5. The second-order valence-electron chi connectivity index (χ2n) is 7.54. The number of hydrogen-bond donors (Lipinski definition) is 0. The Morgan fingerprint density at radius 2 is 1.09 bits per heavy atom. The molecule has 32 heavy (non-hydrogen) atoms. The van der Waals surface area contributed by atoms with Crippen LogP contribution in [0.15, 0.2) is 70.5 Å². The third kappa shape index (κ3) is 5.98. The van der Waals surface area contributed by atoms with E-state index in [4.69, 9.17) is 23.2 Å². The Labute approximate surface area is 197 Å². The van der Waals surface area contributed by atoms with E-state index in [9.17, 15) is 21.6 Å². The van der Waals surface area contributed by atoms with Gasteiger partial charge in [-0.15, -0.1) is 0 Å². The average molecular weight is 511 g/mol. The van der Waals surface area contributed by atoms with Gasteiger partial charge in [0.1, 0.15) is 5.78 Å². The maximum absolute atomic E-state index is 12.5. The predicted octanol–water partition coefficient (Wildman–Crippen LogP) is 4.82. The summed E-state index contributed by atoms with van der Waals surface area (Å²) in [7, 11) is -6.60. The highest BCUT2D eigenvalue weighted by Crippen LogP contribution is 2.36. The van der Waals surface area contributed by atoms with Crippen LogP contribution in [-0.4, -0.2) is 35.1 Å². The van der Waals surface area contributed by atoms with Gasteiger partial charge in [-0.25, -0.2) is 16.8 Å². The zero-order chi connectivity index (χ0) is 23.7. The molecule has 0 heterocycles. The molecule has 0 atom stereocenters. The summed E-state index contributed by atoms with van der Waals surface area (Å²) in [6, 6.07) is 15.8. The van der Waals surface area contributed by atoms with Gasteiger partial charge in [-0.3, -0.25) is 4.79 Å². The Morgan fingerprint density at radius 1 is 0.688 bits per heavy atom. The van der Waals surface area contributed by atoms with E-state index in [1.165, 1.54) is 24.3 Å². The number of carbonyl (C=O) groups is 1. The van der Waals surface area contributed by atoms with Crippen LogP contribution in [-0.2, 0) is 37.3 Å². The predicted molar refractivity (Wildman–Crippen MR) is 127 cm³/mol. The number of halogens is 2. The molecule has 0 aliphatic heterocycles. The van der Waals surface area contributed by atoms with E-state index in [2.05, 4.69) is 0 Å². The summed E-state index contributed by atoms with van der Waals surface area (Å²) in [6.45, 7) is 0. The summed E-state index contributed by atoms with van der Waals surface area (Å²) < 4.78 is 46.4. The van der Waals surface area contributed by atoms with E-state index in [1.54, 1.807) is 36.4 Å². The molecule has 3 aromatic carbocycles. The van der Waals surface area contributed by atoms with E-state index >= 15 is 0 Å². The van der Waals surface area contributed by atoms with E-state index < -0.39 is 19.7 Å². The lowest BCUT2D eigenvalue weighted by Gasteiger charge is -2.11. The molecule has 0 radical (unpaired) electrons. The van der Waals surface area contributed by atoms with Gasteiger partial charge in [-0.2, -0.15) is 0 Å². The average Bonchev–Trinajstić information content (AvgIpc) is 2.67. The van der Waals surface area contributed by atoms with Gasteiger partial charge in [0.05, 0.1) is 19.8 Å². The summed E-state index contributed by atoms with van der Waals surface area (Å²) in [6.07, 6.45) is 2.52. The molecular formula is C23H20Cl2O5S2. The van der Waals surface area contributed by atoms with Gasteiger partial charge in [0.2, 0.25) is 0 Å². The first-order chi connectivity index (χ1) is 14.8. The van der Waals surface area contributed by atoms with Crippen LogP contribution in [0.25, 0.3) is 11.1 Å². The van der Waals surface area contributed by atoms with Gasteiger partial charge in [0.15, 0.2) is 19.7 Å². The molecule has 5 nitrogen and oxygen atoms in total. The molecule has 0 aromatic heterocycles. The molecule has 0 aliphatic carbocycles. The maximum Gasteiger partial charge on any atom is 0.175 e. The summed E-state index contributed by atoms with van der Waals surface area (Å²) in [5.41, 5.74) is 2.58.